The summed E-state index contributed by atoms with van der Waals surface area (Å²) in [7, 11) is -4.23. The molecule has 0 heterocycles. The molecule has 3 atom stereocenters. The molecule has 0 amide bonds. The van der Waals surface area contributed by atoms with Crippen molar-refractivity contribution in [3.05, 3.63) is 141 Å². The summed E-state index contributed by atoms with van der Waals surface area (Å²) in [5.41, 5.74) is 4.51. The molecule has 0 bridgehead atoms. The molecule has 6 nitrogen and oxygen atoms in total. The maximum atomic E-state index is 14.4. The number of rotatable bonds is 11. The third kappa shape index (κ3) is 8.23. The van der Waals surface area contributed by atoms with Crippen LogP contribution in [0.3, 0.4) is 0 Å². The van der Waals surface area contributed by atoms with Gasteiger partial charge in [0.05, 0.1) is 5.38 Å². The van der Waals surface area contributed by atoms with E-state index in [4.69, 9.17) is 23.2 Å². The Morgan fingerprint density at radius 1 is 0.977 bits per heavy atom. The lowest BCUT2D eigenvalue weighted by Gasteiger charge is -2.29. The molecule has 2 aliphatic carbocycles. The first-order valence-electron chi connectivity index (χ1n) is 14.2. The van der Waals surface area contributed by atoms with Crippen molar-refractivity contribution in [1.82, 2.24) is 9.62 Å². The summed E-state index contributed by atoms with van der Waals surface area (Å²) in [5.74, 6) is -0.477. The maximum Gasteiger partial charge on any atom is 0.243 e. The second kappa shape index (κ2) is 14.8. The summed E-state index contributed by atoms with van der Waals surface area (Å²) >= 11 is 15.0. The minimum absolute atomic E-state index is 0.0416. The largest absolute Gasteiger partial charge is 0.506 e. The second-order valence-corrected chi connectivity index (χ2v) is 15.3. The van der Waals surface area contributed by atoms with E-state index in [-0.39, 0.29) is 30.0 Å². The smallest absolute Gasteiger partial charge is 0.243 e. The molecule has 5 rings (SSSR count). The Labute approximate surface area is 282 Å². The summed E-state index contributed by atoms with van der Waals surface area (Å²) in [6.07, 6.45) is 6.94. The van der Waals surface area contributed by atoms with E-state index < -0.39 is 27.4 Å². The molecule has 0 spiro atoms. The van der Waals surface area contributed by atoms with Gasteiger partial charge in [-0.15, -0.1) is 11.6 Å². The molecular formula is C34H33Cl2IN2O4S. The molecule has 0 aliphatic heterocycles. The van der Waals surface area contributed by atoms with Gasteiger partial charge in [0.1, 0.15) is 16.9 Å². The molecule has 3 N–H and O–H groups in total. The number of hydrogen-bond acceptors (Lipinski definition) is 5. The summed E-state index contributed by atoms with van der Waals surface area (Å²) in [5, 5.41) is 25.1. The van der Waals surface area contributed by atoms with Gasteiger partial charge in [-0.25, -0.2) is 8.42 Å². The van der Waals surface area contributed by atoms with E-state index in [9.17, 15) is 18.6 Å². The van der Waals surface area contributed by atoms with Crippen molar-refractivity contribution in [2.24, 2.45) is 0 Å². The average molecular weight is 764 g/mol. The normalized spacial score (nSPS) is 19.6. The Kier molecular flexibility index (Phi) is 11.1. The van der Waals surface area contributed by atoms with Gasteiger partial charge >= 0.3 is 0 Å². The Morgan fingerprint density at radius 2 is 1.70 bits per heavy atom. The monoisotopic (exact) mass is 762 g/mol. The number of nitrogens with one attached hydrogen (secondary N) is 1. The first kappa shape index (κ1) is 32.9. The lowest BCUT2D eigenvalue weighted by Crippen LogP contribution is -2.37. The molecule has 0 radical (unpaired) electrons. The van der Waals surface area contributed by atoms with Gasteiger partial charge in [0.25, 0.3) is 0 Å². The van der Waals surface area contributed by atoms with Gasteiger partial charge in [-0.3, -0.25) is 5.32 Å². The van der Waals surface area contributed by atoms with Crippen LogP contribution in [0.2, 0.25) is 5.02 Å². The van der Waals surface area contributed by atoms with Gasteiger partial charge in [0, 0.05) is 40.6 Å². The predicted octanol–water partition coefficient (Wildman–Crippen LogP) is 7.64. The standard InChI is InChI=1S/C34H33Cl2IN2O4S/c35-28-13-11-26(12-14-28)27-8-4-7-25(17-27)22-39(21-24-9-15-30(37)16-10-24)44(42,43)32-19-29(36)18-31(33(32)40)34(41)38-20-23-5-2-1-3-6-23/h1-15,17-18,29-30,34,38,40-41H,16,19-22H2/t29-,30?,34?/m0/s1. The van der Waals surface area contributed by atoms with Crippen LogP contribution < -0.4 is 5.32 Å². The zero-order valence-corrected chi connectivity index (χ0v) is 28.3. The molecule has 10 heteroatoms. The lowest BCUT2D eigenvalue weighted by atomic mass is 10.0. The molecule has 0 fully saturated rings. The quantitative estimate of drug-likeness (QED) is 0.106. The lowest BCUT2D eigenvalue weighted by molar-refractivity contribution is 0.163. The molecule has 44 heavy (non-hydrogen) atoms. The number of halogens is 3. The molecule has 2 aliphatic rings. The van der Waals surface area contributed by atoms with Gasteiger partial charge in [-0.2, -0.15) is 4.31 Å². The molecule has 0 aromatic heterocycles. The highest BCUT2D eigenvalue weighted by atomic mass is 127. The van der Waals surface area contributed by atoms with Crippen LogP contribution in [-0.4, -0.2) is 45.0 Å². The van der Waals surface area contributed by atoms with E-state index in [1.165, 1.54) is 10.4 Å². The summed E-state index contributed by atoms with van der Waals surface area (Å²) in [4.78, 5) is -0.212. The van der Waals surface area contributed by atoms with Gasteiger partial charge < -0.3 is 10.2 Å². The highest BCUT2D eigenvalue weighted by molar-refractivity contribution is 14.1. The third-order valence-corrected chi connectivity index (χ3v) is 10.9. The summed E-state index contributed by atoms with van der Waals surface area (Å²) < 4.78 is 30.5. The number of allylic oxidation sites excluding steroid dienone is 4. The fraction of sp³-hybridized carbons (Fsp3) is 0.235. The Hall–Kier alpha value is -2.44. The van der Waals surface area contributed by atoms with Crippen LogP contribution in [0.4, 0.5) is 0 Å². The van der Waals surface area contributed by atoms with Crippen LogP contribution in [0.1, 0.15) is 24.0 Å². The van der Waals surface area contributed by atoms with E-state index in [1.54, 1.807) is 0 Å². The van der Waals surface area contributed by atoms with Crippen molar-refractivity contribution in [2.45, 2.75) is 41.5 Å². The fourth-order valence-electron chi connectivity index (χ4n) is 5.17. The van der Waals surface area contributed by atoms with Crippen LogP contribution in [0, 0.1) is 0 Å². The Bertz CT molecular complexity index is 1710. The molecule has 3 aromatic rings. The molecule has 0 saturated carbocycles. The molecule has 3 aromatic carbocycles. The van der Waals surface area contributed by atoms with Crippen LogP contribution in [-0.2, 0) is 23.1 Å². The molecular weight excluding hydrogens is 730 g/mol. The second-order valence-electron chi connectivity index (χ2n) is 10.8. The van der Waals surface area contributed by atoms with Crippen molar-refractivity contribution < 1.29 is 18.6 Å². The fourth-order valence-corrected chi connectivity index (χ4v) is 7.84. The number of alkyl halides is 2. The van der Waals surface area contributed by atoms with E-state index in [1.807, 2.05) is 91.0 Å². The van der Waals surface area contributed by atoms with Crippen molar-refractivity contribution in [3.8, 4) is 11.1 Å². The van der Waals surface area contributed by atoms with E-state index in [0.717, 1.165) is 34.2 Å². The highest BCUT2D eigenvalue weighted by Gasteiger charge is 2.36. The number of benzene rings is 3. The number of aliphatic hydroxyl groups is 2. The zero-order chi connectivity index (χ0) is 31.3. The van der Waals surface area contributed by atoms with Gasteiger partial charge in [0.15, 0.2) is 0 Å². The maximum absolute atomic E-state index is 14.4. The van der Waals surface area contributed by atoms with Gasteiger partial charge in [0.2, 0.25) is 10.0 Å². The molecule has 230 valence electrons. The highest BCUT2D eigenvalue weighted by Crippen LogP contribution is 2.35. The number of sulfonamides is 1. The number of aliphatic hydroxyl groups excluding tert-OH is 2. The molecule has 2 unspecified atom stereocenters. The number of hydrogen-bond donors (Lipinski definition) is 3. The van der Waals surface area contributed by atoms with E-state index >= 15 is 0 Å². The third-order valence-electron chi connectivity index (χ3n) is 7.51. The van der Waals surface area contributed by atoms with Crippen molar-refractivity contribution in [3.63, 3.8) is 0 Å². The molecule has 0 saturated heterocycles. The first-order chi connectivity index (χ1) is 21.1. The SMILES string of the molecule is O=S(=O)(C1=C(O)C(C(O)NCc2ccccc2)=C[C@H](Cl)C1)N(CC1=CCC(I)C=C1)Cc1cccc(-c2ccc(Cl)cc2)c1. The van der Waals surface area contributed by atoms with Crippen molar-refractivity contribution in [1.29, 1.82) is 0 Å². The summed E-state index contributed by atoms with van der Waals surface area (Å²) in [6, 6.07) is 24.7. The van der Waals surface area contributed by atoms with Gasteiger partial charge in [-0.05, 0) is 52.4 Å². The van der Waals surface area contributed by atoms with E-state index in [2.05, 4.69) is 34.0 Å². The number of nitrogens with zero attached hydrogens (tertiary/aromatic N) is 1. The minimum atomic E-state index is -4.23. The summed E-state index contributed by atoms with van der Waals surface area (Å²) in [6.45, 7) is 0.501. The minimum Gasteiger partial charge on any atom is -0.506 e. The van der Waals surface area contributed by atoms with Crippen LogP contribution in [0.5, 0.6) is 0 Å². The Morgan fingerprint density at radius 3 is 2.41 bits per heavy atom. The van der Waals surface area contributed by atoms with Crippen molar-refractivity contribution in [2.75, 3.05) is 6.54 Å². The first-order valence-corrected chi connectivity index (χ1v) is 17.7. The van der Waals surface area contributed by atoms with Crippen molar-refractivity contribution >= 4 is 55.8 Å². The van der Waals surface area contributed by atoms with Crippen LogP contribution in [0.25, 0.3) is 11.1 Å². The van der Waals surface area contributed by atoms with Crippen LogP contribution >= 0.6 is 45.8 Å². The zero-order valence-electron chi connectivity index (χ0n) is 23.8. The van der Waals surface area contributed by atoms with Crippen LogP contribution in [0.15, 0.2) is 125 Å². The topological polar surface area (TPSA) is 89.9 Å². The van der Waals surface area contributed by atoms with E-state index in [0.29, 0.717) is 15.5 Å². The van der Waals surface area contributed by atoms with Gasteiger partial charge in [-0.1, -0.05) is 119 Å². The average Bonchev–Trinajstić information content (AvgIpc) is 3.02. The Balaban J connectivity index is 1.45. The predicted molar refractivity (Wildman–Crippen MR) is 187 cm³/mol.